The van der Waals surface area contributed by atoms with Gasteiger partial charge in [0.05, 0.1) is 38.6 Å². The maximum absolute atomic E-state index is 5.98. The van der Waals surface area contributed by atoms with E-state index in [4.69, 9.17) is 28.4 Å². The Hall–Kier alpha value is -0.280. The van der Waals surface area contributed by atoms with Crippen molar-refractivity contribution < 1.29 is 28.4 Å². The fourth-order valence-corrected chi connectivity index (χ4v) is 3.18. The van der Waals surface area contributed by atoms with Crippen molar-refractivity contribution in [2.24, 2.45) is 11.8 Å². The van der Waals surface area contributed by atoms with Crippen LogP contribution < -0.4 is 5.32 Å². The molecule has 1 aliphatic carbocycles. The summed E-state index contributed by atoms with van der Waals surface area (Å²) in [6, 6.07) is 0.861. The van der Waals surface area contributed by atoms with E-state index < -0.39 is 0 Å². The van der Waals surface area contributed by atoms with E-state index in [0.29, 0.717) is 50.3 Å². The zero-order valence-electron chi connectivity index (χ0n) is 14.7. The van der Waals surface area contributed by atoms with Crippen LogP contribution in [0.1, 0.15) is 13.8 Å². The minimum absolute atomic E-state index is 0.00480. The summed E-state index contributed by atoms with van der Waals surface area (Å²) in [5.41, 5.74) is 0. The second kappa shape index (κ2) is 9.88. The lowest BCUT2D eigenvalue weighted by atomic mass is 9.78. The maximum atomic E-state index is 5.98. The van der Waals surface area contributed by atoms with Gasteiger partial charge in [0.2, 0.25) is 0 Å². The molecule has 0 aromatic heterocycles. The Labute approximate surface area is 138 Å². The number of hydrogen-bond acceptors (Lipinski definition) is 7. The minimum Gasteiger partial charge on any atom is -0.382 e. The van der Waals surface area contributed by atoms with E-state index in [0.717, 1.165) is 0 Å². The highest BCUT2D eigenvalue weighted by Crippen LogP contribution is 2.41. The molecule has 1 saturated heterocycles. The summed E-state index contributed by atoms with van der Waals surface area (Å²) < 4.78 is 32.7. The molecule has 0 aromatic carbocycles. The molecule has 23 heavy (non-hydrogen) atoms. The van der Waals surface area contributed by atoms with Crippen LogP contribution in [0.2, 0.25) is 0 Å². The van der Waals surface area contributed by atoms with Crippen molar-refractivity contribution in [3.8, 4) is 0 Å². The van der Waals surface area contributed by atoms with Crippen molar-refractivity contribution in [1.82, 2.24) is 5.32 Å². The molecule has 2 rings (SSSR count). The Bertz CT molecular complexity index is 332. The molecule has 6 atom stereocenters. The predicted octanol–water partition coefficient (Wildman–Crippen LogP) is 0.624. The Balaban J connectivity index is 1.77. The smallest absolute Gasteiger partial charge is 0.147 e. The lowest BCUT2D eigenvalue weighted by Crippen LogP contribution is -2.49. The zero-order chi connectivity index (χ0) is 16.7. The lowest BCUT2D eigenvalue weighted by Gasteiger charge is -2.38. The van der Waals surface area contributed by atoms with E-state index in [-0.39, 0.29) is 25.8 Å². The van der Waals surface area contributed by atoms with E-state index in [2.05, 4.69) is 19.2 Å². The molecule has 7 nitrogen and oxygen atoms in total. The summed E-state index contributed by atoms with van der Waals surface area (Å²) in [5, 5.41) is 3.51. The summed E-state index contributed by atoms with van der Waals surface area (Å²) in [5.74, 6) is 0.944. The molecule has 7 heteroatoms. The number of methoxy groups -OCH3 is 2. The van der Waals surface area contributed by atoms with Crippen LogP contribution in [-0.2, 0) is 28.4 Å². The number of rotatable bonds is 12. The van der Waals surface area contributed by atoms with Gasteiger partial charge in [0.25, 0.3) is 0 Å². The third-order valence-electron chi connectivity index (χ3n) is 4.81. The molecular formula is C16H31NO6. The largest absolute Gasteiger partial charge is 0.382 e. The van der Waals surface area contributed by atoms with Gasteiger partial charge in [-0.25, -0.2) is 0 Å². The van der Waals surface area contributed by atoms with E-state index in [1.807, 2.05) is 0 Å². The first-order chi connectivity index (χ1) is 11.2. The Morgan fingerprint density at radius 2 is 1.26 bits per heavy atom. The minimum atomic E-state index is -0.0141. The predicted molar refractivity (Wildman–Crippen MR) is 84.2 cm³/mol. The van der Waals surface area contributed by atoms with E-state index >= 15 is 0 Å². The fourth-order valence-electron chi connectivity index (χ4n) is 3.18. The van der Waals surface area contributed by atoms with E-state index in [1.165, 1.54) is 0 Å². The van der Waals surface area contributed by atoms with Gasteiger partial charge in [-0.1, -0.05) is 13.8 Å². The molecule has 2 aliphatic rings. The van der Waals surface area contributed by atoms with Crippen LogP contribution in [-0.4, -0.2) is 78.5 Å². The monoisotopic (exact) mass is 333 g/mol. The second-order valence-corrected chi connectivity index (χ2v) is 6.24. The lowest BCUT2D eigenvalue weighted by molar-refractivity contribution is -0.194. The number of nitrogens with one attached hydrogen (secondary N) is 1. The van der Waals surface area contributed by atoms with Crippen molar-refractivity contribution in [2.45, 2.75) is 38.1 Å². The molecule has 1 N–H and O–H groups in total. The SMILES string of the molecule is COCCOCO[C@H]1[C@H](C)[C@@H](C)[C@@H]2N[C@@H]2[C@@H]1OCOCCOC. The van der Waals surface area contributed by atoms with Crippen LogP contribution >= 0.6 is 0 Å². The van der Waals surface area contributed by atoms with Gasteiger partial charge >= 0.3 is 0 Å². The molecule has 0 aromatic rings. The molecule has 1 aliphatic heterocycles. The average Bonchev–Trinajstić information content (AvgIpc) is 3.34. The number of hydrogen-bond donors (Lipinski definition) is 1. The summed E-state index contributed by atoms with van der Waals surface area (Å²) in [6.45, 7) is 7.18. The van der Waals surface area contributed by atoms with Crippen molar-refractivity contribution in [1.29, 1.82) is 0 Å². The highest BCUT2D eigenvalue weighted by molar-refractivity contribution is 5.14. The van der Waals surface area contributed by atoms with Crippen LogP contribution in [0.4, 0.5) is 0 Å². The van der Waals surface area contributed by atoms with Gasteiger partial charge in [-0.3, -0.25) is 0 Å². The number of ether oxygens (including phenoxy) is 6. The first-order valence-corrected chi connectivity index (χ1v) is 8.33. The second-order valence-electron chi connectivity index (χ2n) is 6.24. The Morgan fingerprint density at radius 3 is 1.83 bits per heavy atom. The van der Waals surface area contributed by atoms with Crippen LogP contribution in [0.5, 0.6) is 0 Å². The van der Waals surface area contributed by atoms with Gasteiger partial charge < -0.3 is 33.7 Å². The summed E-state index contributed by atoms with van der Waals surface area (Å²) in [6.07, 6.45) is -0.0189. The molecule has 0 radical (unpaired) electrons. The normalized spacial score (nSPS) is 36.0. The summed E-state index contributed by atoms with van der Waals surface area (Å²) in [7, 11) is 3.31. The summed E-state index contributed by atoms with van der Waals surface area (Å²) in [4.78, 5) is 0. The maximum Gasteiger partial charge on any atom is 0.147 e. The van der Waals surface area contributed by atoms with Gasteiger partial charge in [0, 0.05) is 20.3 Å². The summed E-state index contributed by atoms with van der Waals surface area (Å²) >= 11 is 0. The molecular weight excluding hydrogens is 302 g/mol. The van der Waals surface area contributed by atoms with Gasteiger partial charge in [-0.2, -0.15) is 0 Å². The van der Waals surface area contributed by atoms with Crippen molar-refractivity contribution in [3.63, 3.8) is 0 Å². The molecule has 2 fully saturated rings. The Kier molecular flexibility index (Phi) is 8.18. The third-order valence-corrected chi connectivity index (χ3v) is 4.81. The van der Waals surface area contributed by atoms with Crippen LogP contribution in [0, 0.1) is 11.8 Å². The zero-order valence-corrected chi connectivity index (χ0v) is 14.7. The van der Waals surface area contributed by atoms with Gasteiger partial charge in [-0.15, -0.1) is 0 Å². The van der Waals surface area contributed by atoms with Crippen LogP contribution in [0.3, 0.4) is 0 Å². The van der Waals surface area contributed by atoms with Crippen LogP contribution in [0.15, 0.2) is 0 Å². The molecule has 136 valence electrons. The highest BCUT2D eigenvalue weighted by Gasteiger charge is 2.57. The molecule has 0 unspecified atom stereocenters. The fraction of sp³-hybridized carbons (Fsp3) is 1.00. The molecule has 0 amide bonds. The van der Waals surface area contributed by atoms with Crippen molar-refractivity contribution in [3.05, 3.63) is 0 Å². The first-order valence-electron chi connectivity index (χ1n) is 8.33. The molecule has 1 heterocycles. The third kappa shape index (κ3) is 5.35. The Morgan fingerprint density at radius 1 is 0.696 bits per heavy atom. The first kappa shape index (κ1) is 19.1. The quantitative estimate of drug-likeness (QED) is 0.319. The van der Waals surface area contributed by atoms with Gasteiger partial charge in [-0.05, 0) is 11.8 Å². The van der Waals surface area contributed by atoms with Crippen LogP contribution in [0.25, 0.3) is 0 Å². The van der Waals surface area contributed by atoms with Gasteiger partial charge in [0.15, 0.2) is 0 Å². The van der Waals surface area contributed by atoms with E-state index in [9.17, 15) is 0 Å². The standard InChI is InChI=1S/C16H31NO6/c1-11-12(2)15(22-9-20-7-5-18-3)16(14-13(11)17-14)23-10-21-8-6-19-4/h11-17H,5-10H2,1-4H3/t11-,12-,13+,14+,15+,16+/m1/s1. The number of fused-ring (bicyclic) bond motifs is 1. The molecule has 0 spiro atoms. The molecule has 0 bridgehead atoms. The van der Waals surface area contributed by atoms with E-state index in [1.54, 1.807) is 14.2 Å². The topological polar surface area (TPSA) is 77.3 Å². The molecule has 1 saturated carbocycles. The highest BCUT2D eigenvalue weighted by atomic mass is 16.7. The van der Waals surface area contributed by atoms with Gasteiger partial charge in [0.1, 0.15) is 19.7 Å². The van der Waals surface area contributed by atoms with Crippen molar-refractivity contribution in [2.75, 3.05) is 54.2 Å². The average molecular weight is 333 g/mol. The van der Waals surface area contributed by atoms with Crippen molar-refractivity contribution >= 4 is 0 Å².